The van der Waals surface area contributed by atoms with Crippen molar-refractivity contribution in [2.24, 2.45) is 0 Å². The number of aromatic nitrogens is 2. The first-order valence-corrected chi connectivity index (χ1v) is 7.51. The lowest BCUT2D eigenvalue weighted by Crippen LogP contribution is -2.13. The normalized spacial score (nSPS) is 11.5. The zero-order valence-electron chi connectivity index (χ0n) is 9.43. The van der Waals surface area contributed by atoms with Crippen molar-refractivity contribution >= 4 is 33.0 Å². The molecule has 1 aromatic carbocycles. The summed E-state index contributed by atoms with van der Waals surface area (Å²) in [6, 6.07) is 6.79. The summed E-state index contributed by atoms with van der Waals surface area (Å²) in [5.74, 6) is -0.299. The summed E-state index contributed by atoms with van der Waals surface area (Å²) in [5.41, 5.74) is -0.0183. The van der Waals surface area contributed by atoms with E-state index in [2.05, 4.69) is 10.2 Å². The van der Waals surface area contributed by atoms with Gasteiger partial charge in [-0.25, -0.2) is 13.5 Å². The van der Waals surface area contributed by atoms with Gasteiger partial charge in [0, 0.05) is 16.1 Å². The van der Waals surface area contributed by atoms with Crippen LogP contribution in [0.3, 0.4) is 0 Å². The van der Waals surface area contributed by atoms with E-state index in [0.717, 1.165) is 12.1 Å². The first-order chi connectivity index (χ1) is 8.87. The minimum Gasteiger partial charge on any atom is -0.268 e. The number of hydrogen-bond acceptors (Lipinski definition) is 4. The summed E-state index contributed by atoms with van der Waals surface area (Å²) in [5, 5.41) is 6.08. The number of aromatic amines is 1. The highest BCUT2D eigenvalue weighted by atomic mass is 35.5. The Morgan fingerprint density at radius 2 is 1.74 bits per heavy atom. The van der Waals surface area contributed by atoms with Crippen molar-refractivity contribution in [1.29, 1.82) is 0 Å². The molecule has 0 saturated heterocycles. The summed E-state index contributed by atoms with van der Waals surface area (Å²) in [6.07, 6.45) is 0. The van der Waals surface area contributed by atoms with Crippen LogP contribution < -0.4 is 5.56 Å². The van der Waals surface area contributed by atoms with Crippen LogP contribution in [-0.2, 0) is 15.6 Å². The van der Waals surface area contributed by atoms with Crippen LogP contribution in [0.4, 0.5) is 0 Å². The van der Waals surface area contributed by atoms with Gasteiger partial charge in [0.25, 0.3) is 5.56 Å². The van der Waals surface area contributed by atoms with E-state index < -0.39 is 15.4 Å². The van der Waals surface area contributed by atoms with Crippen molar-refractivity contribution in [3.05, 3.63) is 56.3 Å². The van der Waals surface area contributed by atoms with E-state index >= 15 is 0 Å². The molecule has 5 nitrogen and oxygen atoms in total. The topological polar surface area (TPSA) is 79.9 Å². The monoisotopic (exact) mass is 318 g/mol. The quantitative estimate of drug-likeness (QED) is 0.939. The fraction of sp³-hybridized carbons (Fsp3) is 0.0909. The van der Waals surface area contributed by atoms with E-state index in [1.54, 1.807) is 0 Å². The standard InChI is InChI=1S/C11H8Cl2N2O3S/c12-8-3-7(4-9(13)5-8)6-19(17,18)11-2-1-10(16)14-15-11/h1-5H,6H2,(H,14,16). The lowest BCUT2D eigenvalue weighted by molar-refractivity contribution is 0.589. The Morgan fingerprint density at radius 3 is 2.26 bits per heavy atom. The van der Waals surface area contributed by atoms with Gasteiger partial charge in [-0.2, -0.15) is 5.10 Å². The minimum atomic E-state index is -3.66. The Morgan fingerprint density at radius 1 is 1.11 bits per heavy atom. The van der Waals surface area contributed by atoms with Gasteiger partial charge in [-0.1, -0.05) is 23.2 Å². The van der Waals surface area contributed by atoms with Gasteiger partial charge in [0.1, 0.15) is 0 Å². The van der Waals surface area contributed by atoms with Gasteiger partial charge in [0.15, 0.2) is 5.03 Å². The number of hydrogen-bond donors (Lipinski definition) is 1. The second-order valence-electron chi connectivity index (χ2n) is 3.80. The van der Waals surface area contributed by atoms with Crippen LogP contribution in [-0.4, -0.2) is 18.6 Å². The van der Waals surface area contributed by atoms with E-state index in [9.17, 15) is 13.2 Å². The van der Waals surface area contributed by atoms with E-state index in [-0.39, 0.29) is 10.8 Å². The van der Waals surface area contributed by atoms with Gasteiger partial charge in [-0.05, 0) is 29.8 Å². The molecule has 8 heteroatoms. The van der Waals surface area contributed by atoms with Crippen LogP contribution in [0.15, 0.2) is 40.2 Å². The zero-order chi connectivity index (χ0) is 14.0. The van der Waals surface area contributed by atoms with Gasteiger partial charge in [-0.3, -0.25) is 4.79 Å². The highest BCUT2D eigenvalue weighted by Crippen LogP contribution is 2.22. The van der Waals surface area contributed by atoms with Crippen LogP contribution in [0.1, 0.15) is 5.56 Å². The van der Waals surface area contributed by atoms with Crippen LogP contribution in [0, 0.1) is 0 Å². The van der Waals surface area contributed by atoms with Crippen LogP contribution in [0.2, 0.25) is 10.0 Å². The van der Waals surface area contributed by atoms with E-state index in [1.165, 1.54) is 18.2 Å². The molecule has 2 rings (SSSR count). The fourth-order valence-corrected chi connectivity index (χ4v) is 3.28. The molecule has 19 heavy (non-hydrogen) atoms. The summed E-state index contributed by atoms with van der Waals surface area (Å²) in [7, 11) is -3.66. The first-order valence-electron chi connectivity index (χ1n) is 5.10. The highest BCUT2D eigenvalue weighted by molar-refractivity contribution is 7.90. The van der Waals surface area contributed by atoms with Crippen molar-refractivity contribution in [2.75, 3.05) is 0 Å². The second-order valence-corrected chi connectivity index (χ2v) is 6.61. The lowest BCUT2D eigenvalue weighted by Gasteiger charge is -2.04. The van der Waals surface area contributed by atoms with Crippen molar-refractivity contribution in [2.45, 2.75) is 10.8 Å². The second kappa shape index (κ2) is 5.32. The van der Waals surface area contributed by atoms with Gasteiger partial charge in [0.2, 0.25) is 9.84 Å². The smallest absolute Gasteiger partial charge is 0.264 e. The van der Waals surface area contributed by atoms with E-state index in [1.807, 2.05) is 0 Å². The maximum Gasteiger partial charge on any atom is 0.264 e. The summed E-state index contributed by atoms with van der Waals surface area (Å²) >= 11 is 11.6. The van der Waals surface area contributed by atoms with Gasteiger partial charge in [0.05, 0.1) is 5.75 Å². The average molecular weight is 319 g/mol. The predicted molar refractivity (Wildman–Crippen MR) is 72.2 cm³/mol. The summed E-state index contributed by atoms with van der Waals surface area (Å²) in [4.78, 5) is 10.8. The van der Waals surface area contributed by atoms with Crippen molar-refractivity contribution < 1.29 is 8.42 Å². The first kappa shape index (κ1) is 14.0. The molecule has 0 fully saturated rings. The van der Waals surface area contributed by atoms with Gasteiger partial charge >= 0.3 is 0 Å². The van der Waals surface area contributed by atoms with Crippen molar-refractivity contribution in [1.82, 2.24) is 10.2 Å². The molecular formula is C11H8Cl2N2O3S. The third-order valence-corrected chi connectivity index (χ3v) is 4.27. The van der Waals surface area contributed by atoms with Crippen LogP contribution in [0.25, 0.3) is 0 Å². The SMILES string of the molecule is O=c1ccc(S(=O)(=O)Cc2cc(Cl)cc(Cl)c2)n[nH]1. The number of sulfone groups is 1. The molecule has 0 bridgehead atoms. The van der Waals surface area contributed by atoms with E-state index in [4.69, 9.17) is 23.2 Å². The molecule has 1 N–H and O–H groups in total. The molecule has 0 aliphatic heterocycles. The third kappa shape index (κ3) is 3.56. The van der Waals surface area contributed by atoms with Crippen LogP contribution in [0.5, 0.6) is 0 Å². The predicted octanol–water partition coefficient (Wildman–Crippen LogP) is 2.05. The molecule has 0 aliphatic carbocycles. The van der Waals surface area contributed by atoms with Gasteiger partial charge in [-0.15, -0.1) is 0 Å². The molecule has 0 radical (unpaired) electrons. The summed E-state index contributed by atoms with van der Waals surface area (Å²) in [6.45, 7) is 0. The van der Waals surface area contributed by atoms with Crippen molar-refractivity contribution in [3.8, 4) is 0 Å². The molecule has 0 spiro atoms. The maximum atomic E-state index is 12.1. The van der Waals surface area contributed by atoms with Crippen LogP contribution >= 0.6 is 23.2 Å². The Bertz CT molecular complexity index is 731. The Hall–Kier alpha value is -1.37. The number of nitrogens with one attached hydrogen (secondary N) is 1. The molecule has 1 heterocycles. The number of halogens is 2. The maximum absolute atomic E-state index is 12.1. The fourth-order valence-electron chi connectivity index (χ4n) is 1.49. The Labute approximate surface area is 119 Å². The molecule has 2 aromatic rings. The number of H-pyrrole nitrogens is 1. The summed E-state index contributed by atoms with van der Waals surface area (Å²) < 4.78 is 24.1. The number of benzene rings is 1. The third-order valence-electron chi connectivity index (χ3n) is 2.25. The molecule has 0 amide bonds. The number of rotatable bonds is 3. The largest absolute Gasteiger partial charge is 0.268 e. The molecule has 0 unspecified atom stereocenters. The number of nitrogens with zero attached hydrogens (tertiary/aromatic N) is 1. The molecular weight excluding hydrogens is 311 g/mol. The molecule has 0 atom stereocenters. The highest BCUT2D eigenvalue weighted by Gasteiger charge is 2.17. The minimum absolute atomic E-state index is 0.205. The Kier molecular flexibility index (Phi) is 3.93. The molecule has 1 aromatic heterocycles. The lowest BCUT2D eigenvalue weighted by atomic mass is 10.2. The van der Waals surface area contributed by atoms with E-state index in [0.29, 0.717) is 15.6 Å². The van der Waals surface area contributed by atoms with Gasteiger partial charge < -0.3 is 0 Å². The van der Waals surface area contributed by atoms with Crippen molar-refractivity contribution in [3.63, 3.8) is 0 Å². The Balaban J connectivity index is 2.36. The molecule has 0 aliphatic rings. The molecule has 0 saturated carbocycles. The zero-order valence-corrected chi connectivity index (χ0v) is 11.8. The average Bonchev–Trinajstić information content (AvgIpc) is 2.27. The molecule has 100 valence electrons.